The molecule has 104 valence electrons. The van der Waals surface area contributed by atoms with Gasteiger partial charge in [-0.2, -0.15) is 4.39 Å². The third kappa shape index (κ3) is 3.09. The first-order chi connectivity index (χ1) is 8.93. The van der Waals surface area contributed by atoms with E-state index in [-0.39, 0.29) is 29.0 Å². The lowest BCUT2D eigenvalue weighted by atomic mass is 10.1. The summed E-state index contributed by atoms with van der Waals surface area (Å²) in [6.45, 7) is 2.17. The molecule has 1 atom stereocenters. The number of carbonyl (C=O) groups excluding carboxylic acids is 1. The highest BCUT2D eigenvalue weighted by molar-refractivity contribution is 7.91. The van der Waals surface area contributed by atoms with E-state index in [0.717, 1.165) is 6.07 Å². The molecule has 1 saturated heterocycles. The molecular weight excluding hydrogens is 271 g/mol. The predicted molar refractivity (Wildman–Crippen MR) is 68.0 cm³/mol. The van der Waals surface area contributed by atoms with Crippen LogP contribution in [0.3, 0.4) is 0 Å². The number of aromatic nitrogens is 1. The summed E-state index contributed by atoms with van der Waals surface area (Å²) in [5.41, 5.74) is 0.193. The van der Waals surface area contributed by atoms with Crippen molar-refractivity contribution in [2.75, 3.05) is 18.1 Å². The zero-order valence-corrected chi connectivity index (χ0v) is 11.4. The van der Waals surface area contributed by atoms with Crippen LogP contribution < -0.4 is 0 Å². The quantitative estimate of drug-likeness (QED) is 0.773. The van der Waals surface area contributed by atoms with Crippen LogP contribution in [-0.4, -0.2) is 48.3 Å². The number of hydrogen-bond acceptors (Lipinski definition) is 4. The van der Waals surface area contributed by atoms with E-state index < -0.39 is 15.8 Å². The van der Waals surface area contributed by atoms with Crippen LogP contribution in [0.15, 0.2) is 18.3 Å². The maximum absolute atomic E-state index is 13.0. The van der Waals surface area contributed by atoms with Gasteiger partial charge in [-0.25, -0.2) is 13.4 Å². The molecule has 5 nitrogen and oxygen atoms in total. The number of rotatable bonds is 3. The Morgan fingerprint density at radius 2 is 2.32 bits per heavy atom. The van der Waals surface area contributed by atoms with Crippen LogP contribution in [0.25, 0.3) is 0 Å². The molecule has 1 unspecified atom stereocenters. The third-order valence-electron chi connectivity index (χ3n) is 3.22. The first kappa shape index (κ1) is 13.9. The lowest BCUT2D eigenvalue weighted by Gasteiger charge is -2.26. The minimum atomic E-state index is -3.05. The lowest BCUT2D eigenvalue weighted by Crippen LogP contribution is -2.41. The van der Waals surface area contributed by atoms with Crippen molar-refractivity contribution in [1.29, 1.82) is 0 Å². The number of nitrogens with zero attached hydrogens (tertiary/aromatic N) is 2. The normalized spacial score (nSPS) is 21.3. The second-order valence-electron chi connectivity index (χ2n) is 4.52. The van der Waals surface area contributed by atoms with Crippen molar-refractivity contribution in [1.82, 2.24) is 9.88 Å². The summed E-state index contributed by atoms with van der Waals surface area (Å²) in [7, 11) is -3.05. The molecule has 0 N–H and O–H groups in total. The number of pyridine rings is 1. The van der Waals surface area contributed by atoms with Crippen LogP contribution in [0.5, 0.6) is 0 Å². The van der Waals surface area contributed by atoms with E-state index in [0.29, 0.717) is 13.0 Å². The van der Waals surface area contributed by atoms with Crippen LogP contribution >= 0.6 is 0 Å². The van der Waals surface area contributed by atoms with Gasteiger partial charge in [-0.15, -0.1) is 0 Å². The van der Waals surface area contributed by atoms with Crippen LogP contribution in [0.1, 0.15) is 23.7 Å². The first-order valence-corrected chi connectivity index (χ1v) is 7.88. The molecule has 19 heavy (non-hydrogen) atoms. The van der Waals surface area contributed by atoms with E-state index in [1.54, 1.807) is 6.92 Å². The molecule has 1 amide bonds. The fourth-order valence-corrected chi connectivity index (χ4v) is 4.02. The van der Waals surface area contributed by atoms with Crippen LogP contribution in [-0.2, 0) is 9.84 Å². The zero-order chi connectivity index (χ0) is 14.0. The molecule has 0 radical (unpaired) electrons. The summed E-state index contributed by atoms with van der Waals surface area (Å²) in [5, 5.41) is 0. The number of sulfone groups is 1. The third-order valence-corrected chi connectivity index (χ3v) is 4.97. The average Bonchev–Trinajstić information content (AvgIpc) is 2.70. The second kappa shape index (κ2) is 5.24. The van der Waals surface area contributed by atoms with E-state index in [1.165, 1.54) is 17.2 Å². The van der Waals surface area contributed by atoms with E-state index in [1.807, 2.05) is 0 Å². The van der Waals surface area contributed by atoms with Gasteiger partial charge in [0.1, 0.15) is 0 Å². The topological polar surface area (TPSA) is 67.3 Å². The Labute approximate surface area is 111 Å². The molecule has 1 aliphatic heterocycles. The summed E-state index contributed by atoms with van der Waals surface area (Å²) in [4.78, 5) is 17.1. The van der Waals surface area contributed by atoms with Gasteiger partial charge in [0.05, 0.1) is 11.5 Å². The Bertz CT molecular complexity index is 588. The lowest BCUT2D eigenvalue weighted by molar-refractivity contribution is 0.0707. The summed E-state index contributed by atoms with van der Waals surface area (Å²) < 4.78 is 36.0. The van der Waals surface area contributed by atoms with Crippen molar-refractivity contribution < 1.29 is 17.6 Å². The van der Waals surface area contributed by atoms with Gasteiger partial charge in [-0.3, -0.25) is 4.79 Å². The monoisotopic (exact) mass is 286 g/mol. The van der Waals surface area contributed by atoms with Gasteiger partial charge in [-0.1, -0.05) is 0 Å². The molecule has 1 aromatic rings. The van der Waals surface area contributed by atoms with Gasteiger partial charge >= 0.3 is 0 Å². The molecule has 0 aliphatic carbocycles. The van der Waals surface area contributed by atoms with Gasteiger partial charge in [0.15, 0.2) is 9.84 Å². The Kier molecular flexibility index (Phi) is 3.84. The van der Waals surface area contributed by atoms with Crippen LogP contribution in [0.4, 0.5) is 4.39 Å². The minimum absolute atomic E-state index is 0.0137. The van der Waals surface area contributed by atoms with Crippen LogP contribution in [0, 0.1) is 5.95 Å². The van der Waals surface area contributed by atoms with Gasteiger partial charge in [-0.05, 0) is 19.4 Å². The maximum atomic E-state index is 13.0. The molecule has 7 heteroatoms. The van der Waals surface area contributed by atoms with Crippen molar-refractivity contribution in [3.8, 4) is 0 Å². The number of carbonyl (C=O) groups is 1. The highest BCUT2D eigenvalue weighted by Gasteiger charge is 2.34. The predicted octanol–water partition coefficient (Wildman–Crippen LogP) is 0.870. The van der Waals surface area contributed by atoms with Crippen molar-refractivity contribution in [2.24, 2.45) is 0 Å². The Hall–Kier alpha value is -1.50. The fraction of sp³-hybridized carbons (Fsp3) is 0.500. The standard InChI is InChI=1S/C12H15FN2O3S/c1-2-15(10-4-6-19(17,18)8-10)12(16)9-3-5-14-11(13)7-9/h3,5,7,10H,2,4,6,8H2,1H3. The largest absolute Gasteiger partial charge is 0.335 e. The van der Waals surface area contributed by atoms with E-state index in [9.17, 15) is 17.6 Å². The Morgan fingerprint density at radius 1 is 1.58 bits per heavy atom. The molecule has 0 saturated carbocycles. The molecule has 2 heterocycles. The highest BCUT2D eigenvalue weighted by Crippen LogP contribution is 2.19. The number of halogens is 1. The van der Waals surface area contributed by atoms with Gasteiger partial charge in [0.25, 0.3) is 5.91 Å². The van der Waals surface area contributed by atoms with Crippen molar-refractivity contribution in [3.05, 3.63) is 29.8 Å². The number of amides is 1. The van der Waals surface area contributed by atoms with Crippen LogP contribution in [0.2, 0.25) is 0 Å². The second-order valence-corrected chi connectivity index (χ2v) is 6.74. The summed E-state index contributed by atoms with van der Waals surface area (Å²) in [6, 6.07) is 2.17. The minimum Gasteiger partial charge on any atom is -0.335 e. The van der Waals surface area contributed by atoms with Crippen molar-refractivity contribution in [3.63, 3.8) is 0 Å². The molecule has 2 rings (SSSR count). The first-order valence-electron chi connectivity index (χ1n) is 6.06. The van der Waals surface area contributed by atoms with Gasteiger partial charge in [0.2, 0.25) is 5.95 Å². The summed E-state index contributed by atoms with van der Waals surface area (Å²) >= 11 is 0. The van der Waals surface area contributed by atoms with E-state index in [4.69, 9.17) is 0 Å². The van der Waals surface area contributed by atoms with Crippen molar-refractivity contribution in [2.45, 2.75) is 19.4 Å². The van der Waals surface area contributed by atoms with Gasteiger partial charge < -0.3 is 4.90 Å². The molecular formula is C12H15FN2O3S. The van der Waals surface area contributed by atoms with Gasteiger partial charge in [0, 0.05) is 30.4 Å². The molecule has 0 bridgehead atoms. The zero-order valence-electron chi connectivity index (χ0n) is 10.5. The Balaban J connectivity index is 2.21. The van der Waals surface area contributed by atoms with Crippen molar-refractivity contribution >= 4 is 15.7 Å². The fourth-order valence-electron chi connectivity index (χ4n) is 2.29. The smallest absolute Gasteiger partial charge is 0.254 e. The Morgan fingerprint density at radius 3 is 2.84 bits per heavy atom. The van der Waals surface area contributed by atoms with E-state index in [2.05, 4.69) is 4.98 Å². The molecule has 1 aliphatic rings. The molecule has 0 aromatic carbocycles. The summed E-state index contributed by atoms with van der Waals surface area (Å²) in [5.74, 6) is -0.987. The number of hydrogen-bond donors (Lipinski definition) is 0. The maximum Gasteiger partial charge on any atom is 0.254 e. The SMILES string of the molecule is CCN(C(=O)c1ccnc(F)c1)C1CCS(=O)(=O)C1. The average molecular weight is 286 g/mol. The highest BCUT2D eigenvalue weighted by atomic mass is 32.2. The molecule has 1 fully saturated rings. The van der Waals surface area contributed by atoms with E-state index >= 15 is 0 Å². The molecule has 0 spiro atoms. The molecule has 1 aromatic heterocycles. The summed E-state index contributed by atoms with van der Waals surface area (Å²) in [6.07, 6.45) is 1.66.